The molecule has 0 radical (unpaired) electrons. The van der Waals surface area contributed by atoms with E-state index in [1.807, 2.05) is 6.92 Å². The lowest BCUT2D eigenvalue weighted by atomic mass is 9.95. The summed E-state index contributed by atoms with van der Waals surface area (Å²) in [4.78, 5) is 16.4. The van der Waals surface area contributed by atoms with Crippen LogP contribution in [0.25, 0.3) is 0 Å². The Balaban J connectivity index is 1.74. The van der Waals surface area contributed by atoms with Gasteiger partial charge in [-0.25, -0.2) is 4.98 Å². The summed E-state index contributed by atoms with van der Waals surface area (Å²) in [5, 5.41) is 6.15. The van der Waals surface area contributed by atoms with Gasteiger partial charge in [-0.3, -0.25) is 4.79 Å². The van der Waals surface area contributed by atoms with Gasteiger partial charge in [0.25, 0.3) is 0 Å². The van der Waals surface area contributed by atoms with Crippen LogP contribution in [0.4, 0.5) is 0 Å². The first-order valence-corrected chi connectivity index (χ1v) is 7.47. The Morgan fingerprint density at radius 1 is 1.61 bits per heavy atom. The van der Waals surface area contributed by atoms with Crippen molar-refractivity contribution in [3.05, 3.63) is 16.1 Å². The number of amides is 1. The van der Waals surface area contributed by atoms with E-state index in [0.717, 1.165) is 36.4 Å². The summed E-state index contributed by atoms with van der Waals surface area (Å²) in [7, 11) is 0. The van der Waals surface area contributed by atoms with Crippen molar-refractivity contribution < 1.29 is 4.79 Å². The molecule has 0 aromatic carbocycles. The van der Waals surface area contributed by atoms with Crippen LogP contribution < -0.4 is 11.1 Å². The van der Waals surface area contributed by atoms with Crippen molar-refractivity contribution in [3.63, 3.8) is 0 Å². The van der Waals surface area contributed by atoms with Crippen molar-refractivity contribution in [1.82, 2.24) is 10.3 Å². The number of nitrogens with zero attached hydrogens (tertiary/aromatic N) is 1. The number of aromatic nitrogens is 1. The predicted molar refractivity (Wildman–Crippen MR) is 73.5 cm³/mol. The molecule has 1 fully saturated rings. The quantitative estimate of drug-likeness (QED) is 0.849. The van der Waals surface area contributed by atoms with Gasteiger partial charge in [0.05, 0.1) is 10.7 Å². The number of rotatable bonds is 5. The Bertz CT molecular complexity index is 405. The van der Waals surface area contributed by atoms with E-state index in [-0.39, 0.29) is 11.8 Å². The maximum absolute atomic E-state index is 12.0. The predicted octanol–water partition coefficient (Wildman–Crippen LogP) is 1.49. The molecule has 5 heteroatoms. The fourth-order valence-corrected chi connectivity index (χ4v) is 3.28. The lowest BCUT2D eigenvalue weighted by molar-refractivity contribution is -0.125. The first-order valence-electron chi connectivity index (χ1n) is 6.59. The van der Waals surface area contributed by atoms with E-state index in [0.29, 0.717) is 19.0 Å². The standard InChI is InChI=1S/C13H21N3OS/c1-9-16-11(8-18-9)5-6-15-13(17)12-4-2-3-10(12)7-14/h8,10,12H,2-7,14H2,1H3,(H,15,17). The fraction of sp³-hybridized carbons (Fsp3) is 0.692. The third-order valence-corrected chi connectivity index (χ3v) is 4.47. The molecule has 0 spiro atoms. The highest BCUT2D eigenvalue weighted by molar-refractivity contribution is 7.09. The van der Waals surface area contributed by atoms with E-state index >= 15 is 0 Å². The molecule has 1 saturated carbocycles. The third-order valence-electron chi connectivity index (χ3n) is 3.65. The number of carbonyl (C=O) groups excluding carboxylic acids is 1. The number of nitrogens with one attached hydrogen (secondary N) is 1. The molecule has 3 N–H and O–H groups in total. The zero-order chi connectivity index (χ0) is 13.0. The van der Waals surface area contributed by atoms with Gasteiger partial charge in [-0.2, -0.15) is 0 Å². The van der Waals surface area contributed by atoms with E-state index in [1.165, 1.54) is 0 Å². The van der Waals surface area contributed by atoms with Crippen LogP contribution in [0.15, 0.2) is 5.38 Å². The lowest BCUT2D eigenvalue weighted by Gasteiger charge is -2.17. The molecule has 0 aliphatic heterocycles. The van der Waals surface area contributed by atoms with Gasteiger partial charge in [0.15, 0.2) is 0 Å². The van der Waals surface area contributed by atoms with Crippen LogP contribution in [0.3, 0.4) is 0 Å². The minimum Gasteiger partial charge on any atom is -0.355 e. The average Bonchev–Trinajstić information content (AvgIpc) is 2.97. The van der Waals surface area contributed by atoms with Gasteiger partial charge < -0.3 is 11.1 Å². The first kappa shape index (κ1) is 13.5. The molecule has 1 aliphatic rings. The Hall–Kier alpha value is -0.940. The molecule has 2 rings (SSSR count). The zero-order valence-corrected chi connectivity index (χ0v) is 11.6. The molecule has 0 saturated heterocycles. The minimum absolute atomic E-state index is 0.132. The van der Waals surface area contributed by atoms with E-state index in [9.17, 15) is 4.79 Å². The van der Waals surface area contributed by atoms with Crippen LogP contribution >= 0.6 is 11.3 Å². The third kappa shape index (κ3) is 3.29. The molecule has 1 aliphatic carbocycles. The molecular formula is C13H21N3OS. The Labute approximate surface area is 112 Å². The average molecular weight is 267 g/mol. The van der Waals surface area contributed by atoms with Gasteiger partial charge in [-0.15, -0.1) is 11.3 Å². The second kappa shape index (κ2) is 6.29. The molecule has 2 unspecified atom stereocenters. The SMILES string of the molecule is Cc1nc(CCNC(=O)C2CCCC2CN)cs1. The normalized spacial score (nSPS) is 23.2. The highest BCUT2D eigenvalue weighted by Crippen LogP contribution is 2.30. The Morgan fingerprint density at radius 3 is 3.11 bits per heavy atom. The number of hydrogen-bond donors (Lipinski definition) is 2. The molecule has 1 aromatic heterocycles. The number of hydrogen-bond acceptors (Lipinski definition) is 4. The molecule has 1 amide bonds. The van der Waals surface area contributed by atoms with Crippen LogP contribution in [0, 0.1) is 18.8 Å². The Morgan fingerprint density at radius 2 is 2.44 bits per heavy atom. The van der Waals surface area contributed by atoms with Gasteiger partial charge in [-0.05, 0) is 32.2 Å². The highest BCUT2D eigenvalue weighted by atomic mass is 32.1. The zero-order valence-electron chi connectivity index (χ0n) is 10.8. The van der Waals surface area contributed by atoms with Gasteiger partial charge in [0, 0.05) is 24.3 Å². The molecule has 1 heterocycles. The van der Waals surface area contributed by atoms with Gasteiger partial charge in [0.2, 0.25) is 5.91 Å². The van der Waals surface area contributed by atoms with Crippen LogP contribution in [0.5, 0.6) is 0 Å². The number of thiazole rings is 1. The smallest absolute Gasteiger partial charge is 0.223 e. The lowest BCUT2D eigenvalue weighted by Crippen LogP contribution is -2.36. The van der Waals surface area contributed by atoms with Crippen LogP contribution in [0.2, 0.25) is 0 Å². The summed E-state index contributed by atoms with van der Waals surface area (Å²) < 4.78 is 0. The van der Waals surface area contributed by atoms with Gasteiger partial charge in [-0.1, -0.05) is 6.42 Å². The molecular weight excluding hydrogens is 246 g/mol. The number of carbonyl (C=O) groups is 1. The molecule has 2 atom stereocenters. The summed E-state index contributed by atoms with van der Waals surface area (Å²) in [6.45, 7) is 3.30. The maximum Gasteiger partial charge on any atom is 0.223 e. The van der Waals surface area contributed by atoms with Crippen LogP contribution in [-0.2, 0) is 11.2 Å². The number of nitrogens with two attached hydrogens (primary N) is 1. The summed E-state index contributed by atoms with van der Waals surface area (Å²) >= 11 is 1.65. The molecule has 4 nitrogen and oxygen atoms in total. The van der Waals surface area contributed by atoms with Crippen LogP contribution in [0.1, 0.15) is 30.0 Å². The molecule has 100 valence electrons. The fourth-order valence-electron chi connectivity index (χ4n) is 2.63. The summed E-state index contributed by atoms with van der Waals surface area (Å²) in [6.07, 6.45) is 4.03. The van der Waals surface area contributed by atoms with Crippen molar-refractivity contribution in [2.75, 3.05) is 13.1 Å². The van der Waals surface area contributed by atoms with E-state index in [4.69, 9.17) is 5.73 Å². The van der Waals surface area contributed by atoms with Crippen molar-refractivity contribution in [2.24, 2.45) is 17.6 Å². The van der Waals surface area contributed by atoms with Crippen molar-refractivity contribution >= 4 is 17.2 Å². The summed E-state index contributed by atoms with van der Waals surface area (Å²) in [5.41, 5.74) is 6.76. The second-order valence-corrected chi connectivity index (χ2v) is 5.99. The topological polar surface area (TPSA) is 68.0 Å². The maximum atomic E-state index is 12.0. The minimum atomic E-state index is 0.132. The van der Waals surface area contributed by atoms with E-state index in [1.54, 1.807) is 11.3 Å². The second-order valence-electron chi connectivity index (χ2n) is 4.93. The number of aryl methyl sites for hydroxylation is 1. The molecule has 1 aromatic rings. The summed E-state index contributed by atoms with van der Waals surface area (Å²) in [5.74, 6) is 0.689. The Kier molecular flexibility index (Phi) is 4.72. The van der Waals surface area contributed by atoms with Crippen molar-refractivity contribution in [3.8, 4) is 0 Å². The van der Waals surface area contributed by atoms with Crippen molar-refractivity contribution in [1.29, 1.82) is 0 Å². The van der Waals surface area contributed by atoms with E-state index in [2.05, 4.69) is 15.7 Å². The highest BCUT2D eigenvalue weighted by Gasteiger charge is 2.31. The van der Waals surface area contributed by atoms with Crippen LogP contribution in [-0.4, -0.2) is 24.0 Å². The van der Waals surface area contributed by atoms with Gasteiger partial charge >= 0.3 is 0 Å². The molecule has 18 heavy (non-hydrogen) atoms. The van der Waals surface area contributed by atoms with E-state index < -0.39 is 0 Å². The van der Waals surface area contributed by atoms with Gasteiger partial charge in [0.1, 0.15) is 0 Å². The molecule has 0 bridgehead atoms. The summed E-state index contributed by atoms with van der Waals surface area (Å²) in [6, 6.07) is 0. The first-order chi connectivity index (χ1) is 8.70. The van der Waals surface area contributed by atoms with Crippen molar-refractivity contribution in [2.45, 2.75) is 32.6 Å². The monoisotopic (exact) mass is 267 g/mol. The largest absolute Gasteiger partial charge is 0.355 e.